The van der Waals surface area contributed by atoms with Crippen LogP contribution in [0, 0.1) is 11.3 Å². The summed E-state index contributed by atoms with van der Waals surface area (Å²) in [6, 6.07) is 1.93. The number of hydrogen-bond acceptors (Lipinski definition) is 3. The summed E-state index contributed by atoms with van der Waals surface area (Å²) in [5.74, 6) is 0. The monoisotopic (exact) mass is 143 g/mol. The zero-order valence-corrected chi connectivity index (χ0v) is 6.21. The Morgan fingerprint density at radius 3 is 2.90 bits per heavy atom. The van der Waals surface area contributed by atoms with E-state index in [-0.39, 0.29) is 0 Å². The maximum Gasteiger partial charge on any atom is 0.154 e. The third-order valence-electron chi connectivity index (χ3n) is 1.06. The third-order valence-corrected chi connectivity index (χ3v) is 1.06. The molecule has 3 heteroatoms. The van der Waals surface area contributed by atoms with E-state index >= 15 is 0 Å². The van der Waals surface area contributed by atoms with E-state index in [9.17, 15) is 0 Å². The van der Waals surface area contributed by atoms with Gasteiger partial charge in [0.2, 0.25) is 0 Å². The fourth-order valence-corrected chi connectivity index (χ4v) is 0.571. The van der Waals surface area contributed by atoms with Gasteiger partial charge in [0.1, 0.15) is 0 Å². The van der Waals surface area contributed by atoms with Gasteiger partial charge in [-0.15, -0.1) is 0 Å². The van der Waals surface area contributed by atoms with Crippen LogP contribution in [0.3, 0.4) is 0 Å². The fraction of sp³-hybridized carbons (Fsp3) is 0.857. The first-order chi connectivity index (χ1) is 4.81. The third kappa shape index (κ3) is 5.54. The van der Waals surface area contributed by atoms with Gasteiger partial charge < -0.3 is 9.84 Å². The fourth-order valence-electron chi connectivity index (χ4n) is 0.571. The molecular formula is C7H13NO2. The van der Waals surface area contributed by atoms with Gasteiger partial charge in [-0.2, -0.15) is 5.26 Å². The number of ether oxygens (including phenoxy) is 1. The number of nitriles is 1. The Bertz CT molecular complexity index is 109. The minimum absolute atomic E-state index is 0.331. The minimum atomic E-state index is -0.682. The predicted octanol–water partition coefficient (Wildman–Crippen LogP) is 1.04. The molecular weight excluding hydrogens is 130 g/mol. The summed E-state index contributed by atoms with van der Waals surface area (Å²) in [7, 11) is 0. The molecule has 0 fully saturated rings. The topological polar surface area (TPSA) is 53.2 Å². The van der Waals surface area contributed by atoms with Crippen LogP contribution in [0.15, 0.2) is 0 Å². The molecule has 10 heavy (non-hydrogen) atoms. The number of hydrogen-bond donors (Lipinski definition) is 1. The van der Waals surface area contributed by atoms with Crippen molar-refractivity contribution in [1.82, 2.24) is 0 Å². The average Bonchev–Trinajstić information content (AvgIpc) is 1.89. The van der Waals surface area contributed by atoms with E-state index in [0.29, 0.717) is 19.4 Å². The summed E-state index contributed by atoms with van der Waals surface area (Å²) in [4.78, 5) is 0. The second-order valence-electron chi connectivity index (χ2n) is 2.02. The summed E-state index contributed by atoms with van der Waals surface area (Å²) in [5.41, 5.74) is 0. The highest BCUT2D eigenvalue weighted by Gasteiger charge is 1.99. The smallest absolute Gasteiger partial charge is 0.154 e. The van der Waals surface area contributed by atoms with Crippen LogP contribution in [-0.4, -0.2) is 18.0 Å². The molecule has 0 bridgehead atoms. The van der Waals surface area contributed by atoms with Crippen LogP contribution in [0.5, 0.6) is 0 Å². The molecule has 0 aliphatic rings. The number of rotatable bonds is 5. The molecule has 0 saturated heterocycles. The van der Waals surface area contributed by atoms with Crippen molar-refractivity contribution in [2.75, 3.05) is 6.61 Å². The van der Waals surface area contributed by atoms with Crippen LogP contribution in [0.25, 0.3) is 0 Å². The van der Waals surface area contributed by atoms with Crippen molar-refractivity contribution in [3.05, 3.63) is 0 Å². The second-order valence-corrected chi connectivity index (χ2v) is 2.02. The molecule has 0 aliphatic heterocycles. The summed E-state index contributed by atoms with van der Waals surface area (Å²) in [5, 5.41) is 17.0. The van der Waals surface area contributed by atoms with Gasteiger partial charge in [-0.1, -0.05) is 13.3 Å². The molecule has 0 heterocycles. The molecule has 1 atom stereocenters. The van der Waals surface area contributed by atoms with Gasteiger partial charge in [-0.25, -0.2) is 0 Å². The lowest BCUT2D eigenvalue weighted by molar-refractivity contribution is -0.101. The molecule has 0 aromatic carbocycles. The lowest BCUT2D eigenvalue weighted by atomic mass is 10.3. The molecule has 3 nitrogen and oxygen atoms in total. The Hall–Kier alpha value is -0.590. The van der Waals surface area contributed by atoms with Crippen molar-refractivity contribution in [3.8, 4) is 6.07 Å². The number of nitrogens with zero attached hydrogens (tertiary/aromatic N) is 1. The van der Waals surface area contributed by atoms with Gasteiger partial charge >= 0.3 is 0 Å². The van der Waals surface area contributed by atoms with Crippen molar-refractivity contribution < 1.29 is 9.84 Å². The maximum atomic E-state index is 8.94. The molecule has 1 unspecified atom stereocenters. The second kappa shape index (κ2) is 6.53. The van der Waals surface area contributed by atoms with Gasteiger partial charge in [-0.05, 0) is 6.42 Å². The molecule has 0 saturated carbocycles. The minimum Gasteiger partial charge on any atom is -0.368 e. The highest BCUT2D eigenvalue weighted by Crippen LogP contribution is 1.97. The number of aliphatic hydroxyl groups excluding tert-OH is 1. The van der Waals surface area contributed by atoms with Crippen molar-refractivity contribution in [3.63, 3.8) is 0 Å². The van der Waals surface area contributed by atoms with Crippen LogP contribution in [0.4, 0.5) is 0 Å². The molecule has 0 aromatic rings. The van der Waals surface area contributed by atoms with E-state index in [1.54, 1.807) is 0 Å². The molecule has 58 valence electrons. The largest absolute Gasteiger partial charge is 0.368 e. The molecule has 0 amide bonds. The molecule has 0 aliphatic carbocycles. The Kier molecular flexibility index (Phi) is 6.14. The maximum absolute atomic E-state index is 8.94. The van der Waals surface area contributed by atoms with E-state index < -0.39 is 6.29 Å². The first-order valence-electron chi connectivity index (χ1n) is 3.48. The zero-order valence-electron chi connectivity index (χ0n) is 6.21. The Morgan fingerprint density at radius 1 is 1.70 bits per heavy atom. The first kappa shape index (κ1) is 9.41. The van der Waals surface area contributed by atoms with E-state index in [4.69, 9.17) is 15.1 Å². The van der Waals surface area contributed by atoms with E-state index in [2.05, 4.69) is 0 Å². The summed E-state index contributed by atoms with van der Waals surface area (Å²) in [6.45, 7) is 2.30. The van der Waals surface area contributed by atoms with E-state index in [1.807, 2.05) is 13.0 Å². The van der Waals surface area contributed by atoms with Crippen LogP contribution < -0.4 is 0 Å². The average molecular weight is 143 g/mol. The Morgan fingerprint density at radius 2 is 2.40 bits per heavy atom. The molecule has 1 N–H and O–H groups in total. The lowest BCUT2D eigenvalue weighted by Crippen LogP contribution is -2.11. The summed E-state index contributed by atoms with van der Waals surface area (Å²) in [6.07, 6.45) is 1.21. The van der Waals surface area contributed by atoms with Crippen molar-refractivity contribution in [2.45, 2.75) is 32.5 Å². The highest BCUT2D eigenvalue weighted by atomic mass is 16.6. The van der Waals surface area contributed by atoms with Gasteiger partial charge in [0.15, 0.2) is 6.29 Å². The van der Waals surface area contributed by atoms with Crippen LogP contribution in [-0.2, 0) is 4.74 Å². The summed E-state index contributed by atoms with van der Waals surface area (Å²) < 4.78 is 4.86. The standard InChI is InChI=1S/C7H13NO2/c1-2-4-7(9)10-6-3-5-8/h7,9H,2-4,6H2,1H3. The van der Waals surface area contributed by atoms with Gasteiger partial charge in [-0.3, -0.25) is 0 Å². The van der Waals surface area contributed by atoms with Crippen LogP contribution >= 0.6 is 0 Å². The van der Waals surface area contributed by atoms with Crippen molar-refractivity contribution >= 4 is 0 Å². The highest BCUT2D eigenvalue weighted by molar-refractivity contribution is 4.67. The van der Waals surface area contributed by atoms with E-state index in [0.717, 1.165) is 6.42 Å². The van der Waals surface area contributed by atoms with Gasteiger partial charge in [0, 0.05) is 0 Å². The van der Waals surface area contributed by atoms with Gasteiger partial charge in [0.25, 0.3) is 0 Å². The predicted molar refractivity (Wildman–Crippen MR) is 37.1 cm³/mol. The molecule has 0 aromatic heterocycles. The SMILES string of the molecule is CCCC(O)OCCC#N. The Labute approximate surface area is 61.2 Å². The van der Waals surface area contributed by atoms with Crippen molar-refractivity contribution in [1.29, 1.82) is 5.26 Å². The van der Waals surface area contributed by atoms with E-state index in [1.165, 1.54) is 0 Å². The molecule has 0 spiro atoms. The molecule has 0 radical (unpaired) electrons. The lowest BCUT2D eigenvalue weighted by Gasteiger charge is -2.07. The van der Waals surface area contributed by atoms with Crippen molar-refractivity contribution in [2.24, 2.45) is 0 Å². The van der Waals surface area contributed by atoms with Crippen LogP contribution in [0.2, 0.25) is 0 Å². The summed E-state index contributed by atoms with van der Waals surface area (Å²) >= 11 is 0. The zero-order chi connectivity index (χ0) is 7.82. The van der Waals surface area contributed by atoms with Gasteiger partial charge in [0.05, 0.1) is 19.1 Å². The van der Waals surface area contributed by atoms with Crippen LogP contribution in [0.1, 0.15) is 26.2 Å². The first-order valence-corrected chi connectivity index (χ1v) is 3.48. The molecule has 0 rings (SSSR count). The Balaban J connectivity index is 3.06. The number of aliphatic hydroxyl groups is 1. The normalized spacial score (nSPS) is 12.5. The quantitative estimate of drug-likeness (QED) is 0.462.